The molecule has 1 fully saturated rings. The molecule has 3 aromatic carbocycles. The lowest BCUT2D eigenvalue weighted by molar-refractivity contribution is -0.138. The average molecular weight is 644 g/mol. The van der Waals surface area contributed by atoms with Gasteiger partial charge in [0.15, 0.2) is 0 Å². The highest BCUT2D eigenvalue weighted by molar-refractivity contribution is 6.41. The van der Waals surface area contributed by atoms with Gasteiger partial charge in [0, 0.05) is 6.54 Å². The highest BCUT2D eigenvalue weighted by Gasteiger charge is 2.47. The number of esters is 1. The number of carbonyl (C=O) groups is 2. The Morgan fingerprint density at radius 3 is 2.36 bits per heavy atom. The third-order valence-corrected chi connectivity index (χ3v) is 8.20. The van der Waals surface area contributed by atoms with Crippen LogP contribution in [0.15, 0.2) is 90.0 Å². The van der Waals surface area contributed by atoms with E-state index in [1.165, 1.54) is 0 Å². The molecule has 4 rings (SSSR count). The maximum absolute atomic E-state index is 13.9. The van der Waals surface area contributed by atoms with Gasteiger partial charge in [-0.2, -0.15) is 13.2 Å². The van der Waals surface area contributed by atoms with Crippen molar-refractivity contribution in [3.05, 3.63) is 118 Å². The molecule has 0 radical (unpaired) electrons. The van der Waals surface area contributed by atoms with Crippen LogP contribution in [0.3, 0.4) is 0 Å². The van der Waals surface area contributed by atoms with E-state index < -0.39 is 35.4 Å². The number of piperidine rings is 1. The largest absolute Gasteiger partial charge is 0.462 e. The van der Waals surface area contributed by atoms with Crippen LogP contribution < -0.4 is 0 Å². The molecule has 1 aliphatic rings. The molecule has 10 heteroatoms. The summed E-state index contributed by atoms with van der Waals surface area (Å²) in [6.45, 7) is 5.32. The van der Waals surface area contributed by atoms with Gasteiger partial charge in [-0.15, -0.1) is 0 Å². The van der Waals surface area contributed by atoms with E-state index in [-0.39, 0.29) is 37.3 Å². The van der Waals surface area contributed by atoms with Crippen molar-refractivity contribution in [2.45, 2.75) is 58.0 Å². The summed E-state index contributed by atoms with van der Waals surface area (Å²) in [5.41, 5.74) is 0.655. The van der Waals surface area contributed by atoms with Crippen LogP contribution in [0.4, 0.5) is 18.0 Å². The van der Waals surface area contributed by atoms with E-state index in [4.69, 9.17) is 25.8 Å². The smallest absolute Gasteiger partial charge is 0.416 e. The first-order valence-electron chi connectivity index (χ1n) is 14.8. The molecule has 3 atom stereocenters. The molecule has 6 nitrogen and oxygen atoms in total. The second-order valence-corrected chi connectivity index (χ2v) is 11.6. The number of hydrogen-bond acceptors (Lipinski definition) is 5. The summed E-state index contributed by atoms with van der Waals surface area (Å²) in [6.07, 6.45) is -3.28. The van der Waals surface area contributed by atoms with Crippen LogP contribution in [0.1, 0.15) is 60.6 Å². The molecule has 0 N–H and O–H groups in total. The van der Waals surface area contributed by atoms with Gasteiger partial charge < -0.3 is 14.2 Å². The Morgan fingerprint density at radius 2 is 1.71 bits per heavy atom. The van der Waals surface area contributed by atoms with Crippen molar-refractivity contribution in [2.75, 3.05) is 19.8 Å². The number of aryl methyl sites for hydroxylation is 1. The minimum atomic E-state index is -4.50. The standard InChI is InChI=1S/C35H37ClF3NO5/c1-4-43-32(41)31(36)19-27-15-16-34(29-13-9-6-10-14-29,40(21-27)33(42)44-22-26-11-7-5-8-12-26)23-45-25(3)28-17-24(2)18-30(20-28)35(37,38)39/h5-14,17-20,25,27H,4,15-16,21-23H2,1-3H3/b31-19-/t25-,27?,34-/m1/s1. The third kappa shape index (κ3) is 8.67. The summed E-state index contributed by atoms with van der Waals surface area (Å²) in [6, 6.07) is 22.5. The summed E-state index contributed by atoms with van der Waals surface area (Å²) < 4.78 is 57.9. The van der Waals surface area contributed by atoms with Crippen molar-refractivity contribution in [2.24, 2.45) is 5.92 Å². The number of benzene rings is 3. The second-order valence-electron chi connectivity index (χ2n) is 11.2. The quantitative estimate of drug-likeness (QED) is 0.163. The summed E-state index contributed by atoms with van der Waals surface area (Å²) in [4.78, 5) is 27.8. The first-order chi connectivity index (χ1) is 21.4. The summed E-state index contributed by atoms with van der Waals surface area (Å²) in [5, 5.41) is -0.0727. The molecule has 0 spiro atoms. The van der Waals surface area contributed by atoms with Crippen LogP contribution in [-0.4, -0.2) is 36.7 Å². The first-order valence-corrected chi connectivity index (χ1v) is 15.2. The maximum Gasteiger partial charge on any atom is 0.416 e. The average Bonchev–Trinajstić information content (AvgIpc) is 3.03. The Hall–Kier alpha value is -3.82. The molecule has 1 aliphatic heterocycles. The minimum Gasteiger partial charge on any atom is -0.462 e. The molecule has 240 valence electrons. The topological polar surface area (TPSA) is 65.1 Å². The number of alkyl halides is 3. The Morgan fingerprint density at radius 1 is 1.04 bits per heavy atom. The van der Waals surface area contributed by atoms with E-state index in [0.717, 1.165) is 23.3 Å². The van der Waals surface area contributed by atoms with Gasteiger partial charge in [0.2, 0.25) is 0 Å². The van der Waals surface area contributed by atoms with Gasteiger partial charge in [-0.25, -0.2) is 9.59 Å². The molecule has 1 saturated heterocycles. The number of carbonyl (C=O) groups excluding carboxylic acids is 2. The number of halogens is 4. The van der Waals surface area contributed by atoms with E-state index in [1.54, 1.807) is 37.8 Å². The Balaban J connectivity index is 1.68. The molecule has 0 bridgehead atoms. The fourth-order valence-corrected chi connectivity index (χ4v) is 5.80. The zero-order chi connectivity index (χ0) is 32.6. The number of amides is 1. The van der Waals surface area contributed by atoms with Gasteiger partial charge in [0.05, 0.1) is 30.4 Å². The molecule has 1 amide bonds. The summed E-state index contributed by atoms with van der Waals surface area (Å²) >= 11 is 6.28. The molecule has 3 aromatic rings. The van der Waals surface area contributed by atoms with Gasteiger partial charge in [-0.05, 0) is 68.4 Å². The predicted octanol–water partition coefficient (Wildman–Crippen LogP) is 8.72. The van der Waals surface area contributed by atoms with Gasteiger partial charge in [-0.3, -0.25) is 4.90 Å². The van der Waals surface area contributed by atoms with Crippen molar-refractivity contribution < 1.29 is 37.0 Å². The number of ether oxygens (including phenoxy) is 3. The van der Waals surface area contributed by atoms with Crippen molar-refractivity contribution in [1.29, 1.82) is 0 Å². The van der Waals surface area contributed by atoms with E-state index in [2.05, 4.69) is 0 Å². The van der Waals surface area contributed by atoms with Crippen molar-refractivity contribution in [1.82, 2.24) is 4.90 Å². The van der Waals surface area contributed by atoms with Crippen LogP contribution in [0, 0.1) is 12.8 Å². The molecule has 45 heavy (non-hydrogen) atoms. The van der Waals surface area contributed by atoms with Gasteiger partial charge >= 0.3 is 18.2 Å². The SMILES string of the molecule is CCOC(=O)/C(Cl)=C/C1CC[C@@](CO[C@H](C)c2cc(C)cc(C(F)(F)F)c2)(c2ccccc2)N(C(=O)OCc2ccccc2)C1. The Bertz CT molecular complexity index is 1480. The van der Waals surface area contributed by atoms with Crippen LogP contribution in [0.25, 0.3) is 0 Å². The van der Waals surface area contributed by atoms with Crippen LogP contribution >= 0.6 is 11.6 Å². The highest BCUT2D eigenvalue weighted by atomic mass is 35.5. The fourth-order valence-electron chi connectivity index (χ4n) is 5.57. The minimum absolute atomic E-state index is 0.0179. The predicted molar refractivity (Wildman–Crippen MR) is 165 cm³/mol. The number of hydrogen-bond donors (Lipinski definition) is 0. The molecular formula is C35H37ClF3NO5. The number of rotatable bonds is 10. The number of likely N-dealkylation sites (tertiary alicyclic amines) is 1. The van der Waals surface area contributed by atoms with Crippen LogP contribution in [-0.2, 0) is 37.3 Å². The van der Waals surface area contributed by atoms with E-state index in [0.29, 0.717) is 24.0 Å². The molecule has 0 aromatic heterocycles. The van der Waals surface area contributed by atoms with Crippen LogP contribution in [0.2, 0.25) is 0 Å². The molecule has 1 heterocycles. The lowest BCUT2D eigenvalue weighted by Crippen LogP contribution is -2.57. The fraction of sp³-hybridized carbons (Fsp3) is 0.371. The van der Waals surface area contributed by atoms with Gasteiger partial charge in [0.1, 0.15) is 11.6 Å². The lowest BCUT2D eigenvalue weighted by atomic mass is 9.77. The van der Waals surface area contributed by atoms with Gasteiger partial charge in [-0.1, -0.05) is 90.0 Å². The third-order valence-electron chi connectivity index (χ3n) is 7.92. The second kappa shape index (κ2) is 15.0. The van der Waals surface area contributed by atoms with Gasteiger partial charge in [0.25, 0.3) is 0 Å². The molecular weight excluding hydrogens is 607 g/mol. The zero-order valence-electron chi connectivity index (χ0n) is 25.5. The number of nitrogens with zero attached hydrogens (tertiary/aromatic N) is 1. The van der Waals surface area contributed by atoms with E-state index in [9.17, 15) is 22.8 Å². The molecule has 0 aliphatic carbocycles. The zero-order valence-corrected chi connectivity index (χ0v) is 26.2. The van der Waals surface area contributed by atoms with Crippen molar-refractivity contribution >= 4 is 23.7 Å². The van der Waals surface area contributed by atoms with Crippen LogP contribution in [0.5, 0.6) is 0 Å². The normalized spacial score (nSPS) is 19.6. The Kier molecular flexibility index (Phi) is 11.3. The Labute approximate surface area is 266 Å². The molecule has 0 saturated carbocycles. The van der Waals surface area contributed by atoms with E-state index >= 15 is 0 Å². The monoisotopic (exact) mass is 643 g/mol. The molecule has 1 unspecified atom stereocenters. The lowest BCUT2D eigenvalue weighted by Gasteiger charge is -2.49. The maximum atomic E-state index is 13.9. The van der Waals surface area contributed by atoms with Crippen molar-refractivity contribution in [3.8, 4) is 0 Å². The summed E-state index contributed by atoms with van der Waals surface area (Å²) in [7, 11) is 0. The summed E-state index contributed by atoms with van der Waals surface area (Å²) in [5.74, 6) is -0.947. The van der Waals surface area contributed by atoms with Crippen molar-refractivity contribution in [3.63, 3.8) is 0 Å². The first kappa shape index (κ1) is 34.1. The van der Waals surface area contributed by atoms with E-state index in [1.807, 2.05) is 60.7 Å². The highest BCUT2D eigenvalue weighted by Crippen LogP contribution is 2.42.